The summed E-state index contributed by atoms with van der Waals surface area (Å²) in [5.41, 5.74) is -0.766. The molecule has 1 aliphatic heterocycles. The van der Waals surface area contributed by atoms with Crippen LogP contribution in [-0.2, 0) is 11.0 Å². The molecule has 0 bridgehead atoms. The maximum atomic E-state index is 12.7. The van der Waals surface area contributed by atoms with Crippen molar-refractivity contribution >= 4 is 5.91 Å². The lowest BCUT2D eigenvalue weighted by atomic mass is 10.2. The van der Waals surface area contributed by atoms with Crippen LogP contribution in [0, 0.1) is 0 Å². The normalized spacial score (nSPS) is 16.2. The van der Waals surface area contributed by atoms with Crippen molar-refractivity contribution in [3.63, 3.8) is 0 Å². The van der Waals surface area contributed by atoms with Crippen LogP contribution in [0.25, 0.3) is 0 Å². The molecule has 0 spiro atoms. The number of para-hydroxylation sites is 1. The van der Waals surface area contributed by atoms with Gasteiger partial charge in [-0.15, -0.1) is 0 Å². The first kappa shape index (κ1) is 14.6. The molecule has 0 radical (unpaired) electrons. The van der Waals surface area contributed by atoms with E-state index in [9.17, 15) is 18.0 Å². The van der Waals surface area contributed by atoms with Gasteiger partial charge in [-0.2, -0.15) is 13.2 Å². The second-order valence-electron chi connectivity index (χ2n) is 4.51. The fourth-order valence-corrected chi connectivity index (χ4v) is 1.97. The molecule has 1 aromatic carbocycles. The van der Waals surface area contributed by atoms with Crippen molar-refractivity contribution in [3.8, 4) is 5.75 Å². The van der Waals surface area contributed by atoms with E-state index in [0.717, 1.165) is 6.07 Å². The Morgan fingerprint density at radius 3 is 2.70 bits per heavy atom. The molecule has 0 atom stereocenters. The Morgan fingerprint density at radius 1 is 1.30 bits per heavy atom. The molecule has 110 valence electrons. The van der Waals surface area contributed by atoms with Crippen LogP contribution in [0.3, 0.4) is 0 Å². The number of nitrogens with one attached hydrogen (secondary N) is 1. The molecule has 1 saturated heterocycles. The monoisotopic (exact) mass is 288 g/mol. The molecule has 1 aliphatic rings. The molecule has 0 unspecified atom stereocenters. The summed E-state index contributed by atoms with van der Waals surface area (Å²) in [6.07, 6.45) is -3.86. The summed E-state index contributed by atoms with van der Waals surface area (Å²) in [4.78, 5) is 12.8. The minimum absolute atomic E-state index is 0.0339. The van der Waals surface area contributed by atoms with E-state index in [-0.39, 0.29) is 18.3 Å². The summed E-state index contributed by atoms with van der Waals surface area (Å²) >= 11 is 0. The third kappa shape index (κ3) is 3.86. The molecule has 2 rings (SSSR count). The van der Waals surface area contributed by atoms with Crippen LogP contribution in [0.1, 0.15) is 12.0 Å². The van der Waals surface area contributed by atoms with Gasteiger partial charge in [-0.1, -0.05) is 12.1 Å². The Bertz CT molecular complexity index is 477. The van der Waals surface area contributed by atoms with Crippen LogP contribution in [0.15, 0.2) is 24.3 Å². The van der Waals surface area contributed by atoms with Gasteiger partial charge in [0, 0.05) is 6.54 Å². The molecule has 0 saturated carbocycles. The summed E-state index contributed by atoms with van der Waals surface area (Å²) in [7, 11) is 0. The van der Waals surface area contributed by atoms with Crippen molar-refractivity contribution < 1.29 is 22.7 Å². The van der Waals surface area contributed by atoms with Crippen molar-refractivity contribution in [2.45, 2.75) is 12.6 Å². The highest BCUT2D eigenvalue weighted by Gasteiger charge is 2.33. The average molecular weight is 288 g/mol. The summed E-state index contributed by atoms with van der Waals surface area (Å²) in [6, 6.07) is 5.15. The van der Waals surface area contributed by atoms with Gasteiger partial charge in [-0.25, -0.2) is 0 Å². The Kier molecular flexibility index (Phi) is 4.49. The maximum absolute atomic E-state index is 12.7. The highest BCUT2D eigenvalue weighted by atomic mass is 19.4. The zero-order chi connectivity index (χ0) is 14.6. The molecule has 7 heteroatoms. The largest absolute Gasteiger partial charge is 0.493 e. The molecular weight excluding hydrogens is 273 g/mol. The molecule has 1 amide bonds. The summed E-state index contributed by atoms with van der Waals surface area (Å²) in [5, 5.41) is 2.65. The molecule has 1 fully saturated rings. The summed E-state index contributed by atoms with van der Waals surface area (Å²) in [6.45, 7) is 1.60. The highest BCUT2D eigenvalue weighted by Crippen LogP contribution is 2.35. The van der Waals surface area contributed by atoms with Gasteiger partial charge in [0.25, 0.3) is 0 Å². The first-order valence-corrected chi connectivity index (χ1v) is 6.25. The van der Waals surface area contributed by atoms with Crippen molar-refractivity contribution in [2.24, 2.45) is 0 Å². The van der Waals surface area contributed by atoms with Gasteiger partial charge in [-0.3, -0.25) is 9.69 Å². The van der Waals surface area contributed by atoms with Gasteiger partial charge in [0.2, 0.25) is 5.91 Å². The van der Waals surface area contributed by atoms with Gasteiger partial charge >= 0.3 is 6.18 Å². The number of hydrogen-bond donors (Lipinski definition) is 1. The molecule has 1 N–H and O–H groups in total. The molecule has 20 heavy (non-hydrogen) atoms. The zero-order valence-electron chi connectivity index (χ0n) is 10.7. The van der Waals surface area contributed by atoms with E-state index >= 15 is 0 Å². The topological polar surface area (TPSA) is 41.6 Å². The summed E-state index contributed by atoms with van der Waals surface area (Å²) < 4.78 is 43.3. The Labute approximate surface area is 114 Å². The molecular formula is C13H15F3N2O2. The maximum Gasteiger partial charge on any atom is 0.419 e. The lowest BCUT2D eigenvalue weighted by molar-refractivity contribution is -0.139. The van der Waals surface area contributed by atoms with E-state index in [1.165, 1.54) is 18.2 Å². The number of halogens is 3. The van der Waals surface area contributed by atoms with Crippen molar-refractivity contribution in [2.75, 3.05) is 26.4 Å². The zero-order valence-corrected chi connectivity index (χ0v) is 10.7. The average Bonchev–Trinajstić information content (AvgIpc) is 2.80. The number of nitrogens with zero attached hydrogens (tertiary/aromatic N) is 1. The molecule has 1 aromatic rings. The minimum Gasteiger partial charge on any atom is -0.493 e. The summed E-state index contributed by atoms with van der Waals surface area (Å²) in [5.74, 6) is -0.191. The third-order valence-electron chi connectivity index (χ3n) is 2.94. The number of carbonyl (C=O) groups excluding carboxylic acids is 1. The van der Waals surface area contributed by atoms with E-state index in [1.54, 1.807) is 0 Å². The van der Waals surface area contributed by atoms with E-state index < -0.39 is 11.7 Å². The second kappa shape index (κ2) is 6.13. The number of amides is 1. The van der Waals surface area contributed by atoms with Crippen molar-refractivity contribution in [1.82, 2.24) is 10.2 Å². The lowest BCUT2D eigenvalue weighted by Crippen LogP contribution is -2.24. The number of benzene rings is 1. The first-order valence-electron chi connectivity index (χ1n) is 6.25. The van der Waals surface area contributed by atoms with E-state index in [0.29, 0.717) is 26.2 Å². The van der Waals surface area contributed by atoms with Crippen LogP contribution >= 0.6 is 0 Å². The van der Waals surface area contributed by atoms with E-state index in [2.05, 4.69) is 5.32 Å². The Balaban J connectivity index is 1.81. The quantitative estimate of drug-likeness (QED) is 0.841. The number of ether oxygens (including phenoxy) is 1. The van der Waals surface area contributed by atoms with Crippen LogP contribution in [-0.4, -0.2) is 37.2 Å². The van der Waals surface area contributed by atoms with Gasteiger partial charge in [0.15, 0.2) is 0 Å². The van der Waals surface area contributed by atoms with Gasteiger partial charge in [0.1, 0.15) is 5.75 Å². The number of alkyl halides is 3. The number of rotatable bonds is 5. The smallest absolute Gasteiger partial charge is 0.419 e. The molecule has 4 nitrogen and oxygen atoms in total. The predicted octanol–water partition coefficient (Wildman–Crippen LogP) is 1.86. The highest BCUT2D eigenvalue weighted by molar-refractivity contribution is 5.79. The lowest BCUT2D eigenvalue weighted by Gasteiger charge is -2.15. The SMILES string of the molecule is O=C1CN(CCCOc2ccccc2C(F)(F)F)CN1. The van der Waals surface area contributed by atoms with Gasteiger partial charge in [0.05, 0.1) is 25.4 Å². The molecule has 0 aromatic heterocycles. The van der Waals surface area contributed by atoms with Crippen molar-refractivity contribution in [1.29, 1.82) is 0 Å². The Morgan fingerprint density at radius 2 is 2.05 bits per heavy atom. The molecule has 0 aliphatic carbocycles. The number of hydrogen-bond acceptors (Lipinski definition) is 3. The fourth-order valence-electron chi connectivity index (χ4n) is 1.97. The van der Waals surface area contributed by atoms with E-state index in [4.69, 9.17) is 4.74 Å². The molecule has 1 heterocycles. The standard InChI is InChI=1S/C13H15F3N2O2/c14-13(15,16)10-4-1-2-5-11(10)20-7-3-6-18-8-12(19)17-9-18/h1-2,4-5H,3,6-9H2,(H,17,19). The minimum atomic E-state index is -4.41. The second-order valence-corrected chi connectivity index (χ2v) is 4.51. The van der Waals surface area contributed by atoms with Crippen LogP contribution in [0.2, 0.25) is 0 Å². The predicted molar refractivity (Wildman–Crippen MR) is 66.1 cm³/mol. The van der Waals surface area contributed by atoms with Crippen LogP contribution in [0.5, 0.6) is 5.75 Å². The van der Waals surface area contributed by atoms with Gasteiger partial charge in [-0.05, 0) is 18.6 Å². The van der Waals surface area contributed by atoms with E-state index in [1.807, 2.05) is 4.90 Å². The first-order chi connectivity index (χ1) is 9.47. The van der Waals surface area contributed by atoms with Gasteiger partial charge < -0.3 is 10.1 Å². The van der Waals surface area contributed by atoms with Crippen LogP contribution in [0.4, 0.5) is 13.2 Å². The van der Waals surface area contributed by atoms with Crippen molar-refractivity contribution in [3.05, 3.63) is 29.8 Å². The fraction of sp³-hybridized carbons (Fsp3) is 0.462. The third-order valence-corrected chi connectivity index (χ3v) is 2.94. The van der Waals surface area contributed by atoms with Crippen LogP contribution < -0.4 is 10.1 Å². The Hall–Kier alpha value is -1.76. The number of carbonyl (C=O) groups is 1.